The summed E-state index contributed by atoms with van der Waals surface area (Å²) in [4.78, 5) is 27.6. The van der Waals surface area contributed by atoms with Crippen molar-refractivity contribution in [1.82, 2.24) is 10.2 Å². The van der Waals surface area contributed by atoms with E-state index in [1.807, 2.05) is 36.4 Å². The van der Waals surface area contributed by atoms with Crippen LogP contribution in [0.4, 0.5) is 0 Å². The summed E-state index contributed by atoms with van der Waals surface area (Å²) in [7, 11) is 0. The lowest BCUT2D eigenvalue weighted by molar-refractivity contribution is -0.131. The van der Waals surface area contributed by atoms with Crippen LogP contribution in [-0.2, 0) is 9.53 Å². The molecule has 1 heterocycles. The van der Waals surface area contributed by atoms with E-state index in [0.717, 1.165) is 24.2 Å². The monoisotopic (exact) mass is 434 g/mol. The van der Waals surface area contributed by atoms with Gasteiger partial charge in [-0.15, -0.1) is 0 Å². The van der Waals surface area contributed by atoms with Gasteiger partial charge in [0.15, 0.2) is 0 Å². The Kier molecular flexibility index (Phi) is 9.07. The van der Waals surface area contributed by atoms with Gasteiger partial charge in [0.25, 0.3) is 11.8 Å². The van der Waals surface area contributed by atoms with Crippen molar-refractivity contribution < 1.29 is 19.1 Å². The first kappa shape index (κ1) is 23.3. The van der Waals surface area contributed by atoms with Gasteiger partial charge in [-0.25, -0.2) is 0 Å². The predicted octanol–water partition coefficient (Wildman–Crippen LogP) is 4.05. The number of unbranched alkanes of at least 4 members (excludes halogenated alkanes) is 1. The molecule has 0 spiro atoms. The topological polar surface area (TPSA) is 67.9 Å². The molecule has 0 aliphatic carbocycles. The van der Waals surface area contributed by atoms with Gasteiger partial charge in [-0.1, -0.05) is 55.8 Å². The second-order valence-corrected chi connectivity index (χ2v) is 7.44. The smallest absolute Gasteiger partial charge is 0.270 e. The van der Waals surface area contributed by atoms with E-state index in [1.54, 1.807) is 41.3 Å². The lowest BCUT2D eigenvalue weighted by atomic mass is 10.2. The van der Waals surface area contributed by atoms with Crippen molar-refractivity contribution >= 4 is 17.9 Å². The molecule has 0 unspecified atom stereocenters. The number of hydrogen-bond donors (Lipinski definition) is 1. The van der Waals surface area contributed by atoms with E-state index in [2.05, 4.69) is 12.2 Å². The molecule has 2 amide bonds. The summed E-state index contributed by atoms with van der Waals surface area (Å²) in [5, 5.41) is 2.79. The van der Waals surface area contributed by atoms with E-state index in [9.17, 15) is 9.59 Å². The van der Waals surface area contributed by atoms with Gasteiger partial charge in [-0.05, 0) is 42.3 Å². The van der Waals surface area contributed by atoms with Crippen LogP contribution in [0.1, 0.15) is 35.7 Å². The summed E-state index contributed by atoms with van der Waals surface area (Å²) < 4.78 is 11.0. The Morgan fingerprint density at radius 2 is 1.78 bits per heavy atom. The van der Waals surface area contributed by atoms with Crippen molar-refractivity contribution in [2.45, 2.75) is 19.8 Å². The van der Waals surface area contributed by atoms with Crippen LogP contribution in [0.3, 0.4) is 0 Å². The minimum Gasteiger partial charge on any atom is -0.494 e. The molecule has 6 nitrogen and oxygen atoms in total. The molecule has 1 N–H and O–H groups in total. The molecule has 1 aliphatic rings. The molecule has 6 heteroatoms. The Morgan fingerprint density at radius 3 is 2.47 bits per heavy atom. The van der Waals surface area contributed by atoms with Crippen molar-refractivity contribution in [2.75, 3.05) is 32.9 Å². The van der Waals surface area contributed by atoms with Crippen molar-refractivity contribution in [3.63, 3.8) is 0 Å². The Bertz CT molecular complexity index is 930. The third-order valence-corrected chi connectivity index (χ3v) is 5.01. The molecule has 0 atom stereocenters. The number of benzene rings is 2. The molecule has 2 aromatic carbocycles. The highest BCUT2D eigenvalue weighted by molar-refractivity contribution is 6.03. The highest BCUT2D eigenvalue weighted by Crippen LogP contribution is 2.14. The van der Waals surface area contributed by atoms with Crippen LogP contribution in [0.15, 0.2) is 72.4 Å². The van der Waals surface area contributed by atoms with E-state index in [4.69, 9.17) is 9.47 Å². The standard InChI is InChI=1S/C26H30N2O4/c1-2-3-18-32-23-14-12-22(13-15-23)25(29)27-24(26(30)28-16-19-31-20-17-28)11-7-10-21-8-5-4-6-9-21/h4-15H,2-3,16-20H2,1H3,(H,27,29)/b10-7+,24-11-. The quantitative estimate of drug-likeness (QED) is 0.367. The molecule has 1 fully saturated rings. The van der Waals surface area contributed by atoms with Gasteiger partial charge in [0.2, 0.25) is 0 Å². The molecule has 168 valence electrons. The number of carbonyl (C=O) groups excluding carboxylic acids is 2. The van der Waals surface area contributed by atoms with Crippen LogP contribution >= 0.6 is 0 Å². The average Bonchev–Trinajstić information content (AvgIpc) is 2.84. The molecule has 0 saturated carbocycles. The third kappa shape index (κ3) is 7.10. The molecule has 0 bridgehead atoms. The van der Waals surface area contributed by atoms with Crippen LogP contribution in [0.25, 0.3) is 6.08 Å². The molecular weight excluding hydrogens is 404 g/mol. The first-order valence-corrected chi connectivity index (χ1v) is 11.0. The molecule has 32 heavy (non-hydrogen) atoms. The van der Waals surface area contributed by atoms with Crippen molar-refractivity contribution in [3.05, 3.63) is 83.6 Å². The zero-order valence-corrected chi connectivity index (χ0v) is 18.5. The predicted molar refractivity (Wildman–Crippen MR) is 125 cm³/mol. The first-order valence-electron chi connectivity index (χ1n) is 11.0. The molecular formula is C26H30N2O4. The number of ether oxygens (including phenoxy) is 2. The number of rotatable bonds is 9. The SMILES string of the molecule is CCCCOc1ccc(C(=O)N/C(=C\C=C\c2ccccc2)C(=O)N2CCOCC2)cc1. The Morgan fingerprint density at radius 1 is 1.06 bits per heavy atom. The Balaban J connectivity index is 1.72. The highest BCUT2D eigenvalue weighted by Gasteiger charge is 2.22. The summed E-state index contributed by atoms with van der Waals surface area (Å²) in [5.41, 5.74) is 1.69. The van der Waals surface area contributed by atoms with Crippen molar-refractivity contribution in [2.24, 2.45) is 0 Å². The van der Waals surface area contributed by atoms with Gasteiger partial charge in [-0.2, -0.15) is 0 Å². The number of carbonyl (C=O) groups is 2. The van der Waals surface area contributed by atoms with Gasteiger partial charge in [-0.3, -0.25) is 9.59 Å². The average molecular weight is 435 g/mol. The summed E-state index contributed by atoms with van der Waals surface area (Å²) >= 11 is 0. The van der Waals surface area contributed by atoms with E-state index < -0.39 is 0 Å². The maximum atomic E-state index is 13.0. The van der Waals surface area contributed by atoms with Gasteiger partial charge >= 0.3 is 0 Å². The summed E-state index contributed by atoms with van der Waals surface area (Å²) in [5.74, 6) is 0.158. The van der Waals surface area contributed by atoms with Crippen LogP contribution in [0.2, 0.25) is 0 Å². The highest BCUT2D eigenvalue weighted by atomic mass is 16.5. The van der Waals surface area contributed by atoms with Crippen LogP contribution < -0.4 is 10.1 Å². The maximum absolute atomic E-state index is 13.0. The van der Waals surface area contributed by atoms with Gasteiger partial charge in [0.05, 0.1) is 19.8 Å². The Labute approximate surface area is 189 Å². The minimum absolute atomic E-state index is 0.223. The van der Waals surface area contributed by atoms with Crippen molar-refractivity contribution in [1.29, 1.82) is 0 Å². The second-order valence-electron chi connectivity index (χ2n) is 7.44. The maximum Gasteiger partial charge on any atom is 0.270 e. The van der Waals surface area contributed by atoms with Gasteiger partial charge in [0, 0.05) is 18.7 Å². The minimum atomic E-state index is -0.342. The number of nitrogens with one attached hydrogen (secondary N) is 1. The van der Waals surface area contributed by atoms with E-state index in [1.165, 1.54) is 0 Å². The van der Waals surface area contributed by atoms with Crippen LogP contribution in [0.5, 0.6) is 5.75 Å². The fraction of sp³-hybridized carbons (Fsp3) is 0.308. The Hall–Kier alpha value is -3.38. The third-order valence-electron chi connectivity index (χ3n) is 5.01. The van der Waals surface area contributed by atoms with Crippen LogP contribution in [0, 0.1) is 0 Å². The molecule has 3 rings (SSSR count). The number of amides is 2. The van der Waals surface area contributed by atoms with Gasteiger partial charge < -0.3 is 19.7 Å². The number of allylic oxidation sites excluding steroid dienone is 2. The normalized spacial score (nSPS) is 14.4. The molecule has 0 radical (unpaired) electrons. The number of hydrogen-bond acceptors (Lipinski definition) is 4. The summed E-state index contributed by atoms with van der Waals surface area (Å²) in [6, 6.07) is 16.7. The lowest BCUT2D eigenvalue weighted by Gasteiger charge is -2.27. The zero-order valence-electron chi connectivity index (χ0n) is 18.5. The summed E-state index contributed by atoms with van der Waals surface area (Å²) in [6.45, 7) is 4.74. The number of morpholine rings is 1. The molecule has 1 saturated heterocycles. The first-order chi connectivity index (χ1) is 15.7. The molecule has 2 aromatic rings. The fourth-order valence-corrected chi connectivity index (χ4v) is 3.15. The van der Waals surface area contributed by atoms with E-state index in [0.29, 0.717) is 38.5 Å². The summed E-state index contributed by atoms with van der Waals surface area (Å²) in [6.07, 6.45) is 7.35. The van der Waals surface area contributed by atoms with Gasteiger partial charge in [0.1, 0.15) is 11.4 Å². The molecule has 0 aromatic heterocycles. The van der Waals surface area contributed by atoms with Crippen molar-refractivity contribution in [3.8, 4) is 5.75 Å². The molecule has 1 aliphatic heterocycles. The zero-order chi connectivity index (χ0) is 22.6. The fourth-order valence-electron chi connectivity index (χ4n) is 3.15. The second kappa shape index (κ2) is 12.5. The van der Waals surface area contributed by atoms with E-state index >= 15 is 0 Å². The number of nitrogens with zero attached hydrogens (tertiary/aromatic N) is 1. The van der Waals surface area contributed by atoms with E-state index in [-0.39, 0.29) is 17.5 Å². The lowest BCUT2D eigenvalue weighted by Crippen LogP contribution is -2.44. The van der Waals surface area contributed by atoms with Crippen LogP contribution in [-0.4, -0.2) is 49.6 Å². The largest absolute Gasteiger partial charge is 0.494 e.